The van der Waals surface area contributed by atoms with Gasteiger partial charge in [0.15, 0.2) is 0 Å². The van der Waals surface area contributed by atoms with Crippen molar-refractivity contribution in [2.75, 3.05) is 32.8 Å². The van der Waals surface area contributed by atoms with Gasteiger partial charge in [0, 0.05) is 33.2 Å². The summed E-state index contributed by atoms with van der Waals surface area (Å²) in [5, 5.41) is 0.639. The van der Waals surface area contributed by atoms with Crippen LogP contribution in [0.5, 0.6) is 0 Å². The molecule has 7 heteroatoms. The summed E-state index contributed by atoms with van der Waals surface area (Å²) >= 11 is 6.03. The fourth-order valence-corrected chi connectivity index (χ4v) is 2.81. The SMILES string of the molecule is C=CCO[C@H](C)C(=O)N1CCCN(Cc2ncc(Cl)n2C)CC1. The molecule has 1 aliphatic rings. The molecule has 23 heavy (non-hydrogen) atoms. The molecule has 6 nitrogen and oxygen atoms in total. The number of imidazole rings is 1. The third-order valence-corrected chi connectivity index (χ3v) is 4.46. The summed E-state index contributed by atoms with van der Waals surface area (Å²) in [5.74, 6) is 0.992. The van der Waals surface area contributed by atoms with Crippen molar-refractivity contribution in [3.8, 4) is 0 Å². The second kappa shape index (κ2) is 8.47. The van der Waals surface area contributed by atoms with E-state index >= 15 is 0 Å². The fraction of sp³-hybridized carbons (Fsp3) is 0.625. The van der Waals surface area contributed by atoms with Crippen molar-refractivity contribution in [3.05, 3.63) is 29.8 Å². The van der Waals surface area contributed by atoms with Crippen LogP contribution in [0.15, 0.2) is 18.9 Å². The first-order chi connectivity index (χ1) is 11.0. The molecule has 0 aliphatic carbocycles. The number of carbonyl (C=O) groups is 1. The Balaban J connectivity index is 1.88. The Morgan fingerprint density at radius 1 is 1.48 bits per heavy atom. The molecule has 1 aromatic rings. The highest BCUT2D eigenvalue weighted by Gasteiger charge is 2.24. The maximum atomic E-state index is 12.4. The van der Waals surface area contributed by atoms with Gasteiger partial charge >= 0.3 is 0 Å². The predicted octanol–water partition coefficient (Wildman–Crippen LogP) is 1.70. The standard InChI is InChI=1S/C16H25ClN4O2/c1-4-10-23-13(2)16(22)21-7-5-6-20(8-9-21)12-15-18-11-14(17)19(15)3/h4,11,13H,1,5-10,12H2,2-3H3/t13-/m1/s1. The Morgan fingerprint density at radius 2 is 2.26 bits per heavy atom. The first-order valence-corrected chi connectivity index (χ1v) is 8.30. The molecule has 0 unspecified atom stereocenters. The number of carbonyl (C=O) groups excluding carboxylic acids is 1. The molecular weight excluding hydrogens is 316 g/mol. The highest BCUT2D eigenvalue weighted by Crippen LogP contribution is 2.13. The molecule has 1 amide bonds. The monoisotopic (exact) mass is 340 g/mol. The lowest BCUT2D eigenvalue weighted by Gasteiger charge is -2.24. The fourth-order valence-electron chi connectivity index (χ4n) is 2.66. The highest BCUT2D eigenvalue weighted by atomic mass is 35.5. The van der Waals surface area contributed by atoms with Gasteiger partial charge in [0.2, 0.25) is 0 Å². The predicted molar refractivity (Wildman–Crippen MR) is 90.3 cm³/mol. The minimum Gasteiger partial charge on any atom is -0.365 e. The average molecular weight is 341 g/mol. The average Bonchev–Trinajstić information content (AvgIpc) is 2.76. The molecule has 2 heterocycles. The number of halogens is 1. The van der Waals surface area contributed by atoms with Crippen LogP contribution in [0.4, 0.5) is 0 Å². The van der Waals surface area contributed by atoms with Gasteiger partial charge in [0.1, 0.15) is 17.1 Å². The summed E-state index contributed by atoms with van der Waals surface area (Å²) in [4.78, 5) is 20.9. The van der Waals surface area contributed by atoms with Crippen molar-refractivity contribution in [1.29, 1.82) is 0 Å². The van der Waals surface area contributed by atoms with Gasteiger partial charge in [-0.15, -0.1) is 6.58 Å². The van der Waals surface area contributed by atoms with Gasteiger partial charge in [0.25, 0.3) is 5.91 Å². The molecule has 0 bridgehead atoms. The van der Waals surface area contributed by atoms with Gasteiger partial charge < -0.3 is 14.2 Å². The molecule has 1 aromatic heterocycles. The zero-order valence-electron chi connectivity index (χ0n) is 13.9. The van der Waals surface area contributed by atoms with E-state index in [1.165, 1.54) is 0 Å². The Hall–Kier alpha value is -1.37. The number of nitrogens with zero attached hydrogens (tertiary/aromatic N) is 4. The van der Waals surface area contributed by atoms with Crippen molar-refractivity contribution >= 4 is 17.5 Å². The molecule has 0 saturated carbocycles. The van der Waals surface area contributed by atoms with E-state index in [1.807, 2.05) is 16.5 Å². The zero-order valence-corrected chi connectivity index (χ0v) is 14.6. The summed E-state index contributed by atoms with van der Waals surface area (Å²) in [6.07, 6.45) is 3.85. The number of amides is 1. The second-order valence-corrected chi connectivity index (χ2v) is 6.16. The molecular formula is C16H25ClN4O2. The molecule has 1 saturated heterocycles. The van der Waals surface area contributed by atoms with E-state index in [1.54, 1.807) is 19.2 Å². The van der Waals surface area contributed by atoms with Crippen molar-refractivity contribution in [3.63, 3.8) is 0 Å². The minimum atomic E-state index is -0.423. The van der Waals surface area contributed by atoms with Gasteiger partial charge in [0.05, 0.1) is 19.3 Å². The van der Waals surface area contributed by atoms with Gasteiger partial charge in [-0.3, -0.25) is 9.69 Å². The molecule has 1 aliphatic heterocycles. The van der Waals surface area contributed by atoms with Crippen LogP contribution in [0, 0.1) is 0 Å². The lowest BCUT2D eigenvalue weighted by molar-refractivity contribution is -0.141. The Bertz CT molecular complexity index is 546. The number of ether oxygens (including phenoxy) is 1. The summed E-state index contributed by atoms with van der Waals surface area (Å²) in [7, 11) is 1.91. The van der Waals surface area contributed by atoms with Gasteiger partial charge in [-0.1, -0.05) is 17.7 Å². The molecule has 0 aromatic carbocycles. The van der Waals surface area contributed by atoms with Crippen LogP contribution in [0.25, 0.3) is 0 Å². The zero-order chi connectivity index (χ0) is 16.8. The van der Waals surface area contributed by atoms with E-state index in [0.717, 1.165) is 38.4 Å². The number of rotatable bonds is 6. The largest absolute Gasteiger partial charge is 0.365 e. The third kappa shape index (κ3) is 4.80. The summed E-state index contributed by atoms with van der Waals surface area (Å²) in [6.45, 7) is 9.77. The number of aromatic nitrogens is 2. The molecule has 0 radical (unpaired) electrons. The van der Waals surface area contributed by atoms with Crippen molar-refractivity contribution in [1.82, 2.24) is 19.4 Å². The van der Waals surface area contributed by atoms with E-state index in [2.05, 4.69) is 16.5 Å². The van der Waals surface area contributed by atoms with E-state index < -0.39 is 6.10 Å². The van der Waals surface area contributed by atoms with E-state index in [9.17, 15) is 4.79 Å². The van der Waals surface area contributed by atoms with E-state index in [4.69, 9.17) is 16.3 Å². The lowest BCUT2D eigenvalue weighted by atomic mass is 10.3. The maximum Gasteiger partial charge on any atom is 0.251 e. The van der Waals surface area contributed by atoms with Crippen LogP contribution in [0.3, 0.4) is 0 Å². The Labute approximate surface area is 142 Å². The second-order valence-electron chi connectivity index (χ2n) is 5.78. The Morgan fingerprint density at radius 3 is 2.91 bits per heavy atom. The van der Waals surface area contributed by atoms with Gasteiger partial charge in [-0.25, -0.2) is 4.98 Å². The summed E-state index contributed by atoms with van der Waals surface area (Å²) < 4.78 is 7.33. The first kappa shape index (κ1) is 18.0. The van der Waals surface area contributed by atoms with Crippen LogP contribution in [0.2, 0.25) is 5.15 Å². The topological polar surface area (TPSA) is 50.6 Å². The molecule has 1 fully saturated rings. The lowest BCUT2D eigenvalue weighted by Crippen LogP contribution is -2.41. The third-order valence-electron chi connectivity index (χ3n) is 4.10. The smallest absolute Gasteiger partial charge is 0.251 e. The molecule has 128 valence electrons. The van der Waals surface area contributed by atoms with Gasteiger partial charge in [-0.05, 0) is 13.3 Å². The van der Waals surface area contributed by atoms with Crippen molar-refractivity contribution in [2.45, 2.75) is 26.0 Å². The number of hydrogen-bond donors (Lipinski definition) is 0. The van der Waals surface area contributed by atoms with Crippen LogP contribution >= 0.6 is 11.6 Å². The summed E-state index contributed by atoms with van der Waals surface area (Å²) in [6, 6.07) is 0. The van der Waals surface area contributed by atoms with E-state index in [-0.39, 0.29) is 5.91 Å². The van der Waals surface area contributed by atoms with Crippen molar-refractivity contribution < 1.29 is 9.53 Å². The van der Waals surface area contributed by atoms with Crippen LogP contribution in [0.1, 0.15) is 19.2 Å². The summed E-state index contributed by atoms with van der Waals surface area (Å²) in [5.41, 5.74) is 0. The van der Waals surface area contributed by atoms with Crippen LogP contribution < -0.4 is 0 Å². The molecule has 0 spiro atoms. The van der Waals surface area contributed by atoms with Crippen molar-refractivity contribution in [2.24, 2.45) is 7.05 Å². The van der Waals surface area contributed by atoms with E-state index in [0.29, 0.717) is 18.3 Å². The van der Waals surface area contributed by atoms with Gasteiger partial charge in [-0.2, -0.15) is 0 Å². The Kier molecular flexibility index (Phi) is 6.62. The quantitative estimate of drug-likeness (QED) is 0.740. The molecule has 0 N–H and O–H groups in total. The number of hydrogen-bond acceptors (Lipinski definition) is 4. The molecule has 1 atom stereocenters. The molecule has 2 rings (SSSR count). The van der Waals surface area contributed by atoms with Crippen LogP contribution in [-0.2, 0) is 23.1 Å². The highest BCUT2D eigenvalue weighted by molar-refractivity contribution is 6.29. The van der Waals surface area contributed by atoms with Crippen LogP contribution in [-0.4, -0.2) is 64.1 Å². The first-order valence-electron chi connectivity index (χ1n) is 7.92. The normalized spacial score (nSPS) is 17.8. The maximum absolute atomic E-state index is 12.4. The minimum absolute atomic E-state index is 0.0498.